The van der Waals surface area contributed by atoms with Crippen LogP contribution in [0.2, 0.25) is 0 Å². The lowest BCUT2D eigenvalue weighted by atomic mass is 9.89. The van der Waals surface area contributed by atoms with Crippen molar-refractivity contribution >= 4 is 11.9 Å². The van der Waals surface area contributed by atoms with Crippen molar-refractivity contribution in [3.8, 4) is 11.5 Å². The Bertz CT molecular complexity index is 1510. The molecule has 2 N–H and O–H groups in total. The molecule has 1 aliphatic heterocycles. The summed E-state index contributed by atoms with van der Waals surface area (Å²) in [6.07, 6.45) is -1.46. The molecule has 0 aromatic heterocycles. The third-order valence-electron chi connectivity index (χ3n) is 8.65. The molecule has 1 fully saturated rings. The Morgan fingerprint density at radius 3 is 2.04 bits per heavy atom. The van der Waals surface area contributed by atoms with Gasteiger partial charge in [-0.2, -0.15) is 13.2 Å². The number of aliphatic hydroxyl groups is 1. The van der Waals surface area contributed by atoms with Crippen molar-refractivity contribution in [3.63, 3.8) is 0 Å². The van der Waals surface area contributed by atoms with E-state index in [4.69, 9.17) is 9.47 Å². The number of nitrogens with one attached hydrogen (secondary N) is 1. The molecule has 0 aliphatic carbocycles. The molecular formula is C37H45F3N2O5. The number of nitrogens with zero attached hydrogens (tertiary/aromatic N) is 1. The maximum absolute atomic E-state index is 13.6. The molecule has 0 spiro atoms. The van der Waals surface area contributed by atoms with Crippen LogP contribution in [0, 0.1) is 6.92 Å². The third kappa shape index (κ3) is 8.09. The maximum atomic E-state index is 13.6. The van der Waals surface area contributed by atoms with E-state index in [9.17, 15) is 27.9 Å². The van der Waals surface area contributed by atoms with Gasteiger partial charge in [0.25, 0.3) is 5.91 Å². The fourth-order valence-electron chi connectivity index (χ4n) is 5.67. The molecule has 0 bridgehead atoms. The zero-order valence-corrected chi connectivity index (χ0v) is 27.8. The number of amides is 3. The predicted molar refractivity (Wildman–Crippen MR) is 174 cm³/mol. The van der Waals surface area contributed by atoms with Gasteiger partial charge in [-0.3, -0.25) is 9.69 Å². The highest BCUT2D eigenvalue weighted by Crippen LogP contribution is 2.41. The Labute approximate surface area is 275 Å². The van der Waals surface area contributed by atoms with Gasteiger partial charge in [0.05, 0.1) is 6.61 Å². The molecule has 1 heterocycles. The van der Waals surface area contributed by atoms with E-state index in [2.05, 4.69) is 5.32 Å². The number of aryl methyl sites for hydroxylation is 3. The second-order valence-electron chi connectivity index (χ2n) is 12.6. The highest BCUT2D eigenvalue weighted by molar-refractivity contribution is 6.07. The summed E-state index contributed by atoms with van der Waals surface area (Å²) in [5, 5.41) is 13.2. The summed E-state index contributed by atoms with van der Waals surface area (Å²) < 4.78 is 52.9. The minimum atomic E-state index is -4.82. The second-order valence-corrected chi connectivity index (χ2v) is 12.6. The average Bonchev–Trinajstić information content (AvgIpc) is 3.24. The first-order chi connectivity index (χ1) is 22.2. The standard InChI is InChI=1S/C37H45F3N2O5/c1-6-10-27-22-30(36(5,45)37(38,39)40)23-28(11-7-2)32(27)46-21-9-8-20-42-33(43)35(4,41-34(42)44)29-16-18-31(19-17-29)47-24-26-14-12-25(3)13-15-26/h12-19,22-23,45H,6-11,20-21,24H2,1-5H3,(H,41,44). The monoisotopic (exact) mass is 654 g/mol. The summed E-state index contributed by atoms with van der Waals surface area (Å²) in [6, 6.07) is 17.5. The number of alkyl halides is 3. The summed E-state index contributed by atoms with van der Waals surface area (Å²) in [5.74, 6) is 0.847. The molecule has 47 heavy (non-hydrogen) atoms. The predicted octanol–water partition coefficient (Wildman–Crippen LogP) is 7.88. The quantitative estimate of drug-likeness (QED) is 0.129. The number of hydrogen-bond acceptors (Lipinski definition) is 5. The minimum absolute atomic E-state index is 0.193. The van der Waals surface area contributed by atoms with E-state index in [1.165, 1.54) is 22.6 Å². The summed E-state index contributed by atoms with van der Waals surface area (Å²) in [7, 11) is 0. The number of benzene rings is 3. The largest absolute Gasteiger partial charge is 0.493 e. The van der Waals surface area contributed by atoms with E-state index in [1.54, 1.807) is 31.2 Å². The smallest absolute Gasteiger partial charge is 0.421 e. The number of imide groups is 1. The highest BCUT2D eigenvalue weighted by Gasteiger charge is 2.51. The van der Waals surface area contributed by atoms with Gasteiger partial charge in [-0.1, -0.05) is 68.7 Å². The maximum Gasteiger partial charge on any atom is 0.421 e. The summed E-state index contributed by atoms with van der Waals surface area (Å²) in [6.45, 7) is 9.20. The lowest BCUT2D eigenvalue weighted by molar-refractivity contribution is -0.258. The molecular weight excluding hydrogens is 609 g/mol. The number of hydrogen-bond donors (Lipinski definition) is 2. The topological polar surface area (TPSA) is 88.1 Å². The highest BCUT2D eigenvalue weighted by atomic mass is 19.4. The van der Waals surface area contributed by atoms with Crippen LogP contribution < -0.4 is 14.8 Å². The zero-order valence-electron chi connectivity index (χ0n) is 27.8. The van der Waals surface area contributed by atoms with Crippen LogP contribution in [0.25, 0.3) is 0 Å². The number of ether oxygens (including phenoxy) is 2. The Hall–Kier alpha value is -4.05. The van der Waals surface area contributed by atoms with Crippen molar-refractivity contribution in [2.75, 3.05) is 13.2 Å². The van der Waals surface area contributed by atoms with Crippen molar-refractivity contribution in [3.05, 3.63) is 94.0 Å². The first-order valence-corrected chi connectivity index (χ1v) is 16.2. The molecule has 10 heteroatoms. The molecule has 1 saturated heterocycles. The fourth-order valence-corrected chi connectivity index (χ4v) is 5.67. The van der Waals surface area contributed by atoms with Crippen LogP contribution in [-0.2, 0) is 35.4 Å². The molecule has 2 atom stereocenters. The number of unbranched alkanes of at least 4 members (excludes halogenated alkanes) is 1. The fraction of sp³-hybridized carbons (Fsp3) is 0.459. The zero-order chi connectivity index (χ0) is 34.4. The Morgan fingerprint density at radius 2 is 1.49 bits per heavy atom. The average molecular weight is 655 g/mol. The van der Waals surface area contributed by atoms with Gasteiger partial charge < -0.3 is 19.9 Å². The third-order valence-corrected chi connectivity index (χ3v) is 8.65. The number of carbonyl (C=O) groups excluding carboxylic acids is 2. The van der Waals surface area contributed by atoms with Gasteiger partial charge in [0.2, 0.25) is 0 Å². The number of urea groups is 1. The Balaban J connectivity index is 1.35. The normalized spacial score (nSPS) is 17.9. The van der Waals surface area contributed by atoms with Gasteiger partial charge >= 0.3 is 12.2 Å². The Kier molecular flexibility index (Phi) is 11.3. The van der Waals surface area contributed by atoms with Gasteiger partial charge in [-0.05, 0) is 98.5 Å². The summed E-state index contributed by atoms with van der Waals surface area (Å²) >= 11 is 0. The van der Waals surface area contributed by atoms with Gasteiger partial charge in [-0.15, -0.1) is 0 Å². The SMILES string of the molecule is CCCc1cc(C(C)(O)C(F)(F)F)cc(CCC)c1OCCCCN1C(=O)NC(C)(c2ccc(OCc3ccc(C)cc3)cc2)C1=O. The lowest BCUT2D eigenvalue weighted by Crippen LogP contribution is -2.41. The second kappa shape index (κ2) is 14.8. The van der Waals surface area contributed by atoms with Crippen LogP contribution in [-0.4, -0.2) is 41.3 Å². The molecule has 3 aromatic rings. The first-order valence-electron chi connectivity index (χ1n) is 16.2. The van der Waals surface area contributed by atoms with Crippen molar-refractivity contribution < 1.29 is 37.3 Å². The Morgan fingerprint density at radius 1 is 0.894 bits per heavy atom. The van der Waals surface area contributed by atoms with Crippen molar-refractivity contribution in [1.29, 1.82) is 0 Å². The first kappa shape index (κ1) is 35.8. The van der Waals surface area contributed by atoms with Crippen molar-refractivity contribution in [2.45, 2.75) is 97.1 Å². The van der Waals surface area contributed by atoms with E-state index >= 15 is 0 Å². The van der Waals surface area contributed by atoms with Gasteiger partial charge in [-0.25, -0.2) is 4.79 Å². The molecule has 1 aliphatic rings. The van der Waals surface area contributed by atoms with E-state index in [1.807, 2.05) is 45.0 Å². The number of halogens is 3. The minimum Gasteiger partial charge on any atom is -0.493 e. The van der Waals surface area contributed by atoms with Crippen LogP contribution in [0.5, 0.6) is 11.5 Å². The van der Waals surface area contributed by atoms with Crippen LogP contribution in [0.3, 0.4) is 0 Å². The molecule has 4 rings (SSSR count). The molecule has 0 saturated carbocycles. The lowest BCUT2D eigenvalue weighted by Gasteiger charge is -2.29. The number of carbonyl (C=O) groups is 2. The van der Waals surface area contributed by atoms with Crippen LogP contribution in [0.4, 0.5) is 18.0 Å². The van der Waals surface area contributed by atoms with E-state index in [0.717, 1.165) is 12.5 Å². The molecule has 3 aromatic carbocycles. The van der Waals surface area contributed by atoms with Crippen LogP contribution in [0.1, 0.15) is 86.8 Å². The molecule has 2 unspecified atom stereocenters. The molecule has 254 valence electrons. The van der Waals surface area contributed by atoms with Crippen LogP contribution >= 0.6 is 0 Å². The molecule has 0 radical (unpaired) electrons. The van der Waals surface area contributed by atoms with Crippen molar-refractivity contribution in [2.24, 2.45) is 0 Å². The summed E-state index contributed by atoms with van der Waals surface area (Å²) in [5.41, 5.74) is -0.296. The van der Waals surface area contributed by atoms with E-state index < -0.39 is 23.3 Å². The van der Waals surface area contributed by atoms with Gasteiger partial charge in [0.15, 0.2) is 5.60 Å². The van der Waals surface area contributed by atoms with Gasteiger partial charge in [0.1, 0.15) is 23.6 Å². The molecule has 7 nitrogen and oxygen atoms in total. The van der Waals surface area contributed by atoms with Gasteiger partial charge in [0, 0.05) is 6.54 Å². The van der Waals surface area contributed by atoms with Crippen molar-refractivity contribution in [1.82, 2.24) is 10.2 Å². The van der Waals surface area contributed by atoms with E-state index in [-0.39, 0.29) is 24.6 Å². The van der Waals surface area contributed by atoms with Crippen LogP contribution in [0.15, 0.2) is 60.7 Å². The number of rotatable bonds is 15. The molecule has 3 amide bonds. The summed E-state index contributed by atoms with van der Waals surface area (Å²) in [4.78, 5) is 27.5. The van der Waals surface area contributed by atoms with E-state index in [0.29, 0.717) is 73.3 Å².